The number of alkyl halides is 1. The maximum atomic E-state index is 11.8. The Labute approximate surface area is 129 Å². The molecule has 1 amide bonds. The Kier molecular flexibility index (Phi) is 6.37. The third kappa shape index (κ3) is 4.82. The number of carbonyl (C=O) groups is 1. The minimum Gasteiger partial charge on any atom is -0.493 e. The zero-order valence-electron chi connectivity index (χ0n) is 11.7. The average molecular weight is 340 g/mol. The van der Waals surface area contributed by atoms with E-state index < -0.39 is 0 Å². The van der Waals surface area contributed by atoms with Crippen LogP contribution in [0.4, 0.5) is 0 Å². The van der Waals surface area contributed by atoms with E-state index in [2.05, 4.69) is 21.2 Å². The fraction of sp³-hybridized carbons (Fsp3) is 0.562. The second-order valence-electron chi connectivity index (χ2n) is 5.32. The van der Waals surface area contributed by atoms with Gasteiger partial charge < -0.3 is 10.1 Å². The summed E-state index contributed by atoms with van der Waals surface area (Å²) in [7, 11) is 0. The molecule has 0 bridgehead atoms. The van der Waals surface area contributed by atoms with Gasteiger partial charge in [-0.3, -0.25) is 4.79 Å². The van der Waals surface area contributed by atoms with Gasteiger partial charge in [0, 0.05) is 11.9 Å². The number of hydrogen-bond acceptors (Lipinski definition) is 2. The van der Waals surface area contributed by atoms with Crippen molar-refractivity contribution in [3.63, 3.8) is 0 Å². The van der Waals surface area contributed by atoms with Crippen LogP contribution in [0.15, 0.2) is 30.3 Å². The summed E-state index contributed by atoms with van der Waals surface area (Å²) in [6.07, 6.45) is 4.22. The van der Waals surface area contributed by atoms with Crippen molar-refractivity contribution in [2.24, 2.45) is 11.8 Å². The van der Waals surface area contributed by atoms with Gasteiger partial charge in [-0.15, -0.1) is 0 Å². The van der Waals surface area contributed by atoms with Crippen molar-refractivity contribution in [2.75, 3.05) is 18.5 Å². The zero-order valence-corrected chi connectivity index (χ0v) is 13.3. The molecule has 1 aromatic rings. The molecule has 0 radical (unpaired) electrons. The number of hydrogen-bond donors (Lipinski definition) is 1. The topological polar surface area (TPSA) is 38.3 Å². The van der Waals surface area contributed by atoms with Gasteiger partial charge in [-0.1, -0.05) is 40.5 Å². The van der Waals surface area contributed by atoms with Gasteiger partial charge in [-0.05, 0) is 36.8 Å². The van der Waals surface area contributed by atoms with Crippen molar-refractivity contribution in [3.05, 3.63) is 30.3 Å². The number of carbonyl (C=O) groups excluding carboxylic acids is 1. The predicted octanol–water partition coefficient (Wildman–Crippen LogP) is 3.38. The lowest BCUT2D eigenvalue weighted by atomic mass is 9.98. The fourth-order valence-corrected chi connectivity index (χ4v) is 3.55. The van der Waals surface area contributed by atoms with Gasteiger partial charge in [-0.25, -0.2) is 0 Å². The molecular formula is C16H22BrNO2. The Hall–Kier alpha value is -1.03. The molecule has 1 saturated carbocycles. The van der Waals surface area contributed by atoms with Crippen molar-refractivity contribution in [1.29, 1.82) is 0 Å². The molecule has 20 heavy (non-hydrogen) atoms. The van der Waals surface area contributed by atoms with Crippen LogP contribution in [0.5, 0.6) is 5.75 Å². The van der Waals surface area contributed by atoms with Crippen LogP contribution in [0.25, 0.3) is 0 Å². The van der Waals surface area contributed by atoms with Gasteiger partial charge in [0.25, 0.3) is 0 Å². The quantitative estimate of drug-likeness (QED) is 0.773. The normalized spacial score (nSPS) is 21.6. The molecule has 0 heterocycles. The average Bonchev–Trinajstić information content (AvgIpc) is 2.94. The first-order valence-corrected chi connectivity index (χ1v) is 8.42. The monoisotopic (exact) mass is 339 g/mol. The summed E-state index contributed by atoms with van der Waals surface area (Å²) in [5.41, 5.74) is 0. The van der Waals surface area contributed by atoms with E-state index >= 15 is 0 Å². The minimum absolute atomic E-state index is 0.0844. The maximum Gasteiger partial charge on any atom is 0.223 e. The van der Waals surface area contributed by atoms with Crippen LogP contribution in [0.2, 0.25) is 0 Å². The van der Waals surface area contributed by atoms with Crippen LogP contribution < -0.4 is 10.1 Å². The molecule has 1 aromatic carbocycles. The van der Waals surface area contributed by atoms with E-state index in [9.17, 15) is 4.79 Å². The summed E-state index contributed by atoms with van der Waals surface area (Å²) in [5.74, 6) is 2.25. The second kappa shape index (κ2) is 8.30. The number of amides is 1. The van der Waals surface area contributed by atoms with Crippen LogP contribution in [0, 0.1) is 11.8 Å². The lowest BCUT2D eigenvalue weighted by Crippen LogP contribution is -2.31. The number of ether oxygens (including phenoxy) is 1. The largest absolute Gasteiger partial charge is 0.493 e. The highest BCUT2D eigenvalue weighted by Crippen LogP contribution is 2.32. The van der Waals surface area contributed by atoms with Crippen LogP contribution in [-0.2, 0) is 4.79 Å². The summed E-state index contributed by atoms with van der Waals surface area (Å²) >= 11 is 3.56. The third-order valence-electron chi connectivity index (χ3n) is 3.92. The predicted molar refractivity (Wildman–Crippen MR) is 84.2 cm³/mol. The number of rotatable bonds is 7. The van der Waals surface area contributed by atoms with Gasteiger partial charge in [0.15, 0.2) is 0 Å². The molecule has 110 valence electrons. The standard InChI is InChI=1S/C16H22BrNO2/c17-11-13-5-4-6-14(13)12-18-16(19)9-10-20-15-7-2-1-3-8-15/h1-3,7-8,13-14H,4-6,9-12H2,(H,18,19). The van der Waals surface area contributed by atoms with E-state index in [1.54, 1.807) is 0 Å². The Bertz CT molecular complexity index is 410. The van der Waals surface area contributed by atoms with E-state index in [4.69, 9.17) is 4.74 Å². The van der Waals surface area contributed by atoms with Gasteiger partial charge in [0.1, 0.15) is 5.75 Å². The Morgan fingerprint density at radius 3 is 2.75 bits per heavy atom. The van der Waals surface area contributed by atoms with Crippen LogP contribution >= 0.6 is 15.9 Å². The Morgan fingerprint density at radius 2 is 2.00 bits per heavy atom. The van der Waals surface area contributed by atoms with E-state index in [1.165, 1.54) is 19.3 Å². The van der Waals surface area contributed by atoms with Gasteiger partial charge in [0.2, 0.25) is 5.91 Å². The van der Waals surface area contributed by atoms with Crippen molar-refractivity contribution < 1.29 is 9.53 Å². The van der Waals surface area contributed by atoms with Gasteiger partial charge >= 0.3 is 0 Å². The van der Waals surface area contributed by atoms with Crippen LogP contribution in [0.3, 0.4) is 0 Å². The second-order valence-corrected chi connectivity index (χ2v) is 5.97. The molecular weight excluding hydrogens is 318 g/mol. The summed E-state index contributed by atoms with van der Waals surface area (Å²) in [5, 5.41) is 4.08. The molecule has 1 fully saturated rings. The molecule has 0 saturated heterocycles. The lowest BCUT2D eigenvalue weighted by Gasteiger charge is -2.17. The van der Waals surface area contributed by atoms with Crippen molar-refractivity contribution in [1.82, 2.24) is 5.32 Å². The van der Waals surface area contributed by atoms with Gasteiger partial charge in [0.05, 0.1) is 13.0 Å². The molecule has 4 heteroatoms. The zero-order chi connectivity index (χ0) is 14.2. The number of benzene rings is 1. The van der Waals surface area contributed by atoms with E-state index in [0.717, 1.165) is 23.5 Å². The minimum atomic E-state index is 0.0844. The molecule has 2 rings (SSSR count). The molecule has 1 N–H and O–H groups in total. The molecule has 0 aromatic heterocycles. The molecule has 0 aliphatic heterocycles. The maximum absolute atomic E-state index is 11.8. The first-order chi connectivity index (χ1) is 9.79. The fourth-order valence-electron chi connectivity index (χ4n) is 2.70. The SMILES string of the molecule is O=C(CCOc1ccccc1)NCC1CCCC1CBr. The summed E-state index contributed by atoms with van der Waals surface area (Å²) in [6, 6.07) is 9.60. The van der Waals surface area contributed by atoms with Gasteiger partial charge in [-0.2, -0.15) is 0 Å². The first-order valence-electron chi connectivity index (χ1n) is 7.30. The highest BCUT2D eigenvalue weighted by Gasteiger charge is 2.26. The Balaban J connectivity index is 1.61. The van der Waals surface area contributed by atoms with Crippen molar-refractivity contribution in [3.8, 4) is 5.75 Å². The first kappa shape index (κ1) is 15.4. The number of para-hydroxylation sites is 1. The Morgan fingerprint density at radius 1 is 1.25 bits per heavy atom. The smallest absolute Gasteiger partial charge is 0.223 e. The van der Waals surface area contributed by atoms with Crippen molar-refractivity contribution in [2.45, 2.75) is 25.7 Å². The van der Waals surface area contributed by atoms with Crippen LogP contribution in [0.1, 0.15) is 25.7 Å². The molecule has 3 nitrogen and oxygen atoms in total. The summed E-state index contributed by atoms with van der Waals surface area (Å²) in [4.78, 5) is 11.8. The molecule has 2 unspecified atom stereocenters. The highest BCUT2D eigenvalue weighted by atomic mass is 79.9. The van der Waals surface area contributed by atoms with E-state index in [-0.39, 0.29) is 5.91 Å². The molecule has 1 aliphatic carbocycles. The summed E-state index contributed by atoms with van der Waals surface area (Å²) < 4.78 is 5.52. The highest BCUT2D eigenvalue weighted by molar-refractivity contribution is 9.09. The third-order valence-corrected chi connectivity index (χ3v) is 4.75. The molecule has 2 atom stereocenters. The van der Waals surface area contributed by atoms with Crippen LogP contribution in [-0.4, -0.2) is 24.4 Å². The lowest BCUT2D eigenvalue weighted by molar-refractivity contribution is -0.121. The number of halogens is 1. The number of nitrogens with one attached hydrogen (secondary N) is 1. The van der Waals surface area contributed by atoms with Crippen molar-refractivity contribution >= 4 is 21.8 Å². The van der Waals surface area contributed by atoms with E-state index in [0.29, 0.717) is 18.9 Å². The molecule has 0 spiro atoms. The summed E-state index contributed by atoms with van der Waals surface area (Å²) in [6.45, 7) is 1.24. The van der Waals surface area contributed by atoms with E-state index in [1.807, 2.05) is 30.3 Å². The molecule has 1 aliphatic rings.